The summed E-state index contributed by atoms with van der Waals surface area (Å²) in [6.45, 7) is 0. The van der Waals surface area contributed by atoms with E-state index in [1.165, 1.54) is 0 Å². The van der Waals surface area contributed by atoms with Crippen molar-refractivity contribution in [3.63, 3.8) is 0 Å². The molecule has 0 spiro atoms. The summed E-state index contributed by atoms with van der Waals surface area (Å²) in [6.07, 6.45) is -10.1. The highest BCUT2D eigenvalue weighted by molar-refractivity contribution is 6.14. The van der Waals surface area contributed by atoms with Crippen LogP contribution in [0.15, 0.2) is 249 Å². The van der Waals surface area contributed by atoms with Crippen molar-refractivity contribution in [1.29, 1.82) is 5.26 Å². The predicted molar refractivity (Wildman–Crippen MR) is 302 cm³/mol. The van der Waals surface area contributed by atoms with E-state index in [-0.39, 0.29) is 17.2 Å². The Hall–Kier alpha value is -9.91. The Labute approximate surface area is 444 Å². The fraction of sp³-hybridized carbons (Fsp3) is 0.0290. The quantitative estimate of drug-likeness (QED) is 0.140. The molecular formula is C69H41F6N3. The summed E-state index contributed by atoms with van der Waals surface area (Å²) in [7, 11) is 0. The third-order valence-corrected chi connectivity index (χ3v) is 14.8. The molecule has 2 aromatic heterocycles. The van der Waals surface area contributed by atoms with Crippen molar-refractivity contribution in [2.24, 2.45) is 0 Å². The second-order valence-corrected chi connectivity index (χ2v) is 19.4. The smallest absolute Gasteiger partial charge is 0.309 e. The zero-order chi connectivity index (χ0) is 53.3. The Bertz CT molecular complexity index is 4280. The Balaban J connectivity index is 1.13. The molecule has 0 fully saturated rings. The Morgan fingerprint density at radius 2 is 0.628 bits per heavy atom. The molecule has 0 aliphatic rings. The van der Waals surface area contributed by atoms with Crippen molar-refractivity contribution < 1.29 is 26.3 Å². The molecule has 78 heavy (non-hydrogen) atoms. The topological polar surface area (TPSA) is 33.6 Å². The van der Waals surface area contributed by atoms with Gasteiger partial charge in [-0.05, 0) is 147 Å². The van der Waals surface area contributed by atoms with E-state index in [1.807, 2.05) is 138 Å². The highest BCUT2D eigenvalue weighted by atomic mass is 19.4. The van der Waals surface area contributed by atoms with E-state index < -0.39 is 23.5 Å². The van der Waals surface area contributed by atoms with E-state index in [2.05, 4.69) is 83.4 Å². The molecule has 0 radical (unpaired) electrons. The van der Waals surface area contributed by atoms with Crippen LogP contribution in [-0.4, -0.2) is 9.13 Å². The Morgan fingerprint density at radius 3 is 0.987 bits per heavy atom. The van der Waals surface area contributed by atoms with Crippen LogP contribution in [-0.2, 0) is 12.4 Å². The van der Waals surface area contributed by atoms with Crippen molar-refractivity contribution in [3.05, 3.63) is 265 Å². The minimum absolute atomic E-state index is 0.124. The fourth-order valence-corrected chi connectivity index (χ4v) is 11.1. The molecule has 13 rings (SSSR count). The maximum Gasteiger partial charge on any atom is 0.416 e. The molecule has 2 heterocycles. The molecule has 0 unspecified atom stereocenters. The lowest BCUT2D eigenvalue weighted by atomic mass is 9.93. The van der Waals surface area contributed by atoms with E-state index in [4.69, 9.17) is 0 Å². The minimum atomic E-state index is -5.07. The van der Waals surface area contributed by atoms with Gasteiger partial charge in [0.25, 0.3) is 0 Å². The lowest BCUT2D eigenvalue weighted by molar-refractivity contribution is -0.143. The van der Waals surface area contributed by atoms with Gasteiger partial charge in [0.2, 0.25) is 0 Å². The van der Waals surface area contributed by atoms with Crippen LogP contribution in [0.25, 0.3) is 122 Å². The third kappa shape index (κ3) is 8.44. The van der Waals surface area contributed by atoms with Crippen molar-refractivity contribution in [2.45, 2.75) is 12.4 Å². The largest absolute Gasteiger partial charge is 0.416 e. The number of nitrogens with zero attached hydrogens (tertiary/aromatic N) is 3. The number of halogens is 6. The third-order valence-electron chi connectivity index (χ3n) is 14.8. The number of hydrogen-bond donors (Lipinski definition) is 0. The van der Waals surface area contributed by atoms with E-state index in [9.17, 15) is 31.6 Å². The first-order chi connectivity index (χ1) is 37.9. The molecule has 13 aromatic rings. The number of benzene rings is 11. The molecule has 3 nitrogen and oxygen atoms in total. The average molecular weight is 1030 g/mol. The van der Waals surface area contributed by atoms with Crippen LogP contribution < -0.4 is 0 Å². The van der Waals surface area contributed by atoms with Gasteiger partial charge in [0.1, 0.15) is 0 Å². The van der Waals surface area contributed by atoms with Crippen molar-refractivity contribution >= 4 is 43.6 Å². The van der Waals surface area contributed by atoms with Gasteiger partial charge < -0.3 is 9.13 Å². The van der Waals surface area contributed by atoms with Crippen molar-refractivity contribution in [3.8, 4) is 84.2 Å². The first-order valence-corrected chi connectivity index (χ1v) is 25.3. The summed E-state index contributed by atoms with van der Waals surface area (Å²) >= 11 is 0. The fourth-order valence-electron chi connectivity index (χ4n) is 11.1. The van der Waals surface area contributed by atoms with Gasteiger partial charge >= 0.3 is 12.4 Å². The van der Waals surface area contributed by atoms with Gasteiger partial charge in [0.05, 0.1) is 56.2 Å². The van der Waals surface area contributed by atoms with Crippen molar-refractivity contribution in [2.75, 3.05) is 0 Å². The van der Waals surface area contributed by atoms with E-state index >= 15 is 0 Å². The lowest BCUT2D eigenvalue weighted by Crippen LogP contribution is -2.11. The normalized spacial score (nSPS) is 12.0. The number of aromatic nitrogens is 2. The van der Waals surface area contributed by atoms with E-state index in [1.54, 1.807) is 24.3 Å². The number of fused-ring (bicyclic) bond motifs is 6. The van der Waals surface area contributed by atoms with Gasteiger partial charge in [-0.25, -0.2) is 0 Å². The van der Waals surface area contributed by atoms with Gasteiger partial charge in [-0.2, -0.15) is 31.6 Å². The predicted octanol–water partition coefficient (Wildman–Crippen LogP) is 19.8. The number of nitriles is 1. The van der Waals surface area contributed by atoms with Crippen LogP contribution in [0, 0.1) is 11.3 Å². The molecule has 0 atom stereocenters. The summed E-state index contributed by atoms with van der Waals surface area (Å²) in [4.78, 5) is 0. The first-order valence-electron chi connectivity index (χ1n) is 25.3. The van der Waals surface area contributed by atoms with Crippen LogP contribution >= 0.6 is 0 Å². The highest BCUT2D eigenvalue weighted by Gasteiger charge is 2.37. The Morgan fingerprint density at radius 1 is 0.282 bits per heavy atom. The summed E-state index contributed by atoms with van der Waals surface area (Å²) in [5, 5.41) is 14.4. The molecule has 11 aromatic carbocycles. The lowest BCUT2D eigenvalue weighted by Gasteiger charge is -2.21. The Kier molecular flexibility index (Phi) is 11.5. The van der Waals surface area contributed by atoms with E-state index in [0.29, 0.717) is 28.1 Å². The van der Waals surface area contributed by atoms with Gasteiger partial charge in [0, 0.05) is 32.7 Å². The molecule has 374 valence electrons. The zero-order valence-electron chi connectivity index (χ0n) is 41.3. The van der Waals surface area contributed by atoms with Gasteiger partial charge in [-0.15, -0.1) is 0 Å². The zero-order valence-corrected chi connectivity index (χ0v) is 41.3. The molecular weight excluding hydrogens is 985 g/mol. The van der Waals surface area contributed by atoms with E-state index in [0.717, 1.165) is 100 Å². The number of rotatable bonds is 8. The van der Waals surface area contributed by atoms with Crippen LogP contribution in [0.2, 0.25) is 0 Å². The average Bonchev–Trinajstić information content (AvgIpc) is 4.08. The summed E-state index contributed by atoms with van der Waals surface area (Å²) in [6, 6.07) is 79.8. The maximum absolute atomic E-state index is 14.6. The molecule has 0 bridgehead atoms. The molecule has 0 aliphatic heterocycles. The monoisotopic (exact) mass is 1030 g/mol. The highest BCUT2D eigenvalue weighted by Crippen LogP contribution is 2.46. The second kappa shape index (κ2) is 18.7. The molecule has 0 aliphatic carbocycles. The van der Waals surface area contributed by atoms with Crippen LogP contribution in [0.4, 0.5) is 26.3 Å². The minimum Gasteiger partial charge on any atom is -0.309 e. The summed E-state index contributed by atoms with van der Waals surface area (Å²) in [5.74, 6) is 0. The maximum atomic E-state index is 14.6. The number of hydrogen-bond acceptors (Lipinski definition) is 1. The van der Waals surface area contributed by atoms with Gasteiger partial charge in [0.15, 0.2) is 0 Å². The molecule has 0 N–H and O–H groups in total. The molecule has 9 heteroatoms. The molecule has 0 saturated carbocycles. The van der Waals surface area contributed by atoms with Gasteiger partial charge in [-0.3, -0.25) is 0 Å². The molecule has 0 saturated heterocycles. The number of alkyl halides is 6. The van der Waals surface area contributed by atoms with Crippen LogP contribution in [0.1, 0.15) is 16.7 Å². The van der Waals surface area contributed by atoms with Gasteiger partial charge in [-0.1, -0.05) is 158 Å². The molecule has 0 amide bonds. The summed E-state index contributed by atoms with van der Waals surface area (Å²) < 4.78 is 91.7. The first kappa shape index (κ1) is 47.8. The standard InChI is InChI=1S/C69H41F6N3/c70-68(71,72)54-34-53(35-55(41-54)69(73,74)75)52-22-27-56(67(40-52)78-65-31-25-50(46-17-9-3-10-18-46)38-60(65)61-39-51(26-32-66(61)78)47-19-11-4-12-20-47)57-33-43(42-76)21-28-62(57)77-63-29-23-48(44-13-5-1-6-14-44)36-58(63)59-37-49(24-30-64(59)77)45-15-7-2-8-16-45/h1-41H. The van der Waals surface area contributed by atoms with Crippen LogP contribution in [0.5, 0.6) is 0 Å². The van der Waals surface area contributed by atoms with Crippen LogP contribution in [0.3, 0.4) is 0 Å². The summed E-state index contributed by atoms with van der Waals surface area (Å²) in [5.41, 5.74) is 10.9. The van der Waals surface area contributed by atoms with Crippen molar-refractivity contribution in [1.82, 2.24) is 9.13 Å². The SMILES string of the molecule is N#Cc1ccc(-n2c3ccc(-c4ccccc4)cc3c3cc(-c4ccccc4)ccc32)c(-c2ccc(-c3cc(C(F)(F)F)cc(C(F)(F)F)c3)cc2-n2c3ccc(-c4ccccc4)cc3c3cc(-c4ccccc4)ccc32)c1. The second-order valence-electron chi connectivity index (χ2n) is 19.4.